The summed E-state index contributed by atoms with van der Waals surface area (Å²) < 4.78 is 17.8. The fourth-order valence-corrected chi connectivity index (χ4v) is 4.10. The van der Waals surface area contributed by atoms with Crippen molar-refractivity contribution in [2.75, 3.05) is 0 Å². The molecule has 0 aliphatic heterocycles. The summed E-state index contributed by atoms with van der Waals surface area (Å²) in [5, 5.41) is 0.977. The molecular weight excluding hydrogens is 410 g/mol. The fourth-order valence-electron chi connectivity index (χ4n) is 3.62. The molecule has 0 fully saturated rings. The highest BCUT2D eigenvalue weighted by atomic mass is 32.1. The Balaban J connectivity index is 1.80. The van der Waals surface area contributed by atoms with Crippen LogP contribution in [0, 0.1) is 0 Å². The highest BCUT2D eigenvalue weighted by Crippen LogP contribution is 2.35. The highest BCUT2D eigenvalue weighted by molar-refractivity contribution is 7.81. The van der Waals surface area contributed by atoms with Gasteiger partial charge in [-0.25, -0.2) is 4.79 Å². The smallest absolute Gasteiger partial charge is 0.333 e. The Kier molecular flexibility index (Phi) is 6.51. The van der Waals surface area contributed by atoms with Crippen LogP contribution in [0.3, 0.4) is 0 Å². The molecule has 3 rings (SSSR count). The van der Waals surface area contributed by atoms with Gasteiger partial charge in [0.2, 0.25) is 0 Å². The van der Waals surface area contributed by atoms with E-state index in [2.05, 4.69) is 31.1 Å². The number of rotatable bonds is 8. The third kappa shape index (κ3) is 5.70. The number of thiol groups is 1. The monoisotopic (exact) mass is 439 g/mol. The molecule has 2 heterocycles. The van der Waals surface area contributed by atoms with Gasteiger partial charge in [0.1, 0.15) is 22.7 Å². The molecule has 1 unspecified atom stereocenters. The normalized spacial score (nSPS) is 13.6. The van der Waals surface area contributed by atoms with Crippen LogP contribution in [0.25, 0.3) is 22.3 Å². The summed E-state index contributed by atoms with van der Waals surface area (Å²) >= 11 is 4.67. The molecule has 0 saturated carbocycles. The minimum atomic E-state index is -0.874. The number of carbonyl (C=O) groups excluding carboxylic acids is 1. The van der Waals surface area contributed by atoms with Crippen molar-refractivity contribution in [1.29, 1.82) is 0 Å². The molecule has 2 aromatic heterocycles. The van der Waals surface area contributed by atoms with Gasteiger partial charge in [-0.3, -0.25) is 4.98 Å². The zero-order chi connectivity index (χ0) is 22.8. The van der Waals surface area contributed by atoms with Crippen LogP contribution < -0.4 is 4.74 Å². The molecule has 0 amide bonds. The van der Waals surface area contributed by atoms with Crippen molar-refractivity contribution in [3.05, 3.63) is 60.4 Å². The van der Waals surface area contributed by atoms with E-state index >= 15 is 0 Å². The first-order valence-corrected chi connectivity index (χ1v) is 10.7. The lowest BCUT2D eigenvalue weighted by molar-refractivity contribution is -0.153. The van der Waals surface area contributed by atoms with E-state index in [1.54, 1.807) is 13.1 Å². The highest BCUT2D eigenvalue weighted by Gasteiger charge is 2.34. The van der Waals surface area contributed by atoms with Crippen LogP contribution in [0.1, 0.15) is 46.6 Å². The van der Waals surface area contributed by atoms with E-state index in [0.29, 0.717) is 17.7 Å². The topological polar surface area (TPSA) is 61.6 Å². The van der Waals surface area contributed by atoms with Gasteiger partial charge in [-0.1, -0.05) is 13.5 Å². The summed E-state index contributed by atoms with van der Waals surface area (Å²) in [5.41, 5.74) is 2.47. The van der Waals surface area contributed by atoms with Crippen LogP contribution in [0.15, 0.2) is 59.3 Å². The van der Waals surface area contributed by atoms with E-state index in [9.17, 15) is 4.79 Å². The number of aromatic nitrogens is 1. The Bertz CT molecular complexity index is 1110. The van der Waals surface area contributed by atoms with Crippen molar-refractivity contribution >= 4 is 29.6 Å². The quantitative estimate of drug-likeness (QED) is 0.191. The van der Waals surface area contributed by atoms with E-state index in [0.717, 1.165) is 28.7 Å². The van der Waals surface area contributed by atoms with E-state index < -0.39 is 16.5 Å². The number of carbonyl (C=O) groups is 1. The molecule has 6 heteroatoms. The zero-order valence-electron chi connectivity index (χ0n) is 18.7. The maximum absolute atomic E-state index is 11.9. The summed E-state index contributed by atoms with van der Waals surface area (Å²) in [7, 11) is 0. The molecule has 5 nitrogen and oxygen atoms in total. The average molecular weight is 440 g/mol. The third-order valence-electron chi connectivity index (χ3n) is 4.86. The van der Waals surface area contributed by atoms with Crippen LogP contribution in [0.5, 0.6) is 5.75 Å². The molecular formula is C25H29NO4S. The Morgan fingerprint density at radius 3 is 2.65 bits per heavy atom. The Hall–Kier alpha value is -2.73. The van der Waals surface area contributed by atoms with E-state index in [4.69, 9.17) is 13.9 Å². The van der Waals surface area contributed by atoms with Gasteiger partial charge in [-0.05, 0) is 63.9 Å². The van der Waals surface area contributed by atoms with Gasteiger partial charge in [-0.2, -0.15) is 0 Å². The minimum absolute atomic E-state index is 0.355. The molecule has 31 heavy (non-hydrogen) atoms. The first-order chi connectivity index (χ1) is 14.5. The lowest BCUT2D eigenvalue weighted by Crippen LogP contribution is -2.39. The third-order valence-corrected chi connectivity index (χ3v) is 5.11. The molecule has 0 aliphatic rings. The van der Waals surface area contributed by atoms with E-state index in [1.165, 1.54) is 5.56 Å². The van der Waals surface area contributed by atoms with Crippen molar-refractivity contribution in [2.45, 2.75) is 58.0 Å². The van der Waals surface area contributed by atoms with Crippen molar-refractivity contribution in [2.24, 2.45) is 0 Å². The number of aryl methyl sites for hydroxylation is 1. The predicted molar refractivity (Wildman–Crippen MR) is 126 cm³/mol. The molecule has 0 bridgehead atoms. The van der Waals surface area contributed by atoms with Gasteiger partial charge < -0.3 is 13.9 Å². The second-order valence-corrected chi connectivity index (χ2v) is 9.53. The van der Waals surface area contributed by atoms with Gasteiger partial charge >= 0.3 is 5.97 Å². The zero-order valence-corrected chi connectivity index (χ0v) is 19.6. The van der Waals surface area contributed by atoms with Gasteiger partial charge in [0.05, 0.1) is 0 Å². The average Bonchev–Trinajstić information content (AvgIpc) is 3.09. The SMILES string of the molecule is C=C(C)C(=O)OC(C)(C)CC(C)(S)Oc1ccc2cc(-c3cnccc3CC)oc2c1. The molecule has 0 spiro atoms. The van der Waals surface area contributed by atoms with Crippen molar-refractivity contribution < 1.29 is 18.7 Å². The van der Waals surface area contributed by atoms with Crippen molar-refractivity contribution in [3.8, 4) is 17.1 Å². The first kappa shape index (κ1) is 22.9. The molecule has 0 radical (unpaired) electrons. The summed E-state index contributed by atoms with van der Waals surface area (Å²) in [5.74, 6) is 0.967. The van der Waals surface area contributed by atoms with Crippen LogP contribution in [0.4, 0.5) is 0 Å². The number of pyridine rings is 1. The van der Waals surface area contributed by atoms with Crippen LogP contribution >= 0.6 is 12.6 Å². The molecule has 1 aromatic carbocycles. The number of fused-ring (bicyclic) bond motifs is 1. The number of furan rings is 1. The molecule has 1 atom stereocenters. The standard InChI is InChI=1S/C25H29NO4S/c1-7-17-10-11-26-14-20(17)22-12-18-8-9-19(13-21(18)28-22)29-25(6,31)15-24(4,5)30-23(27)16(2)3/h8-14,31H,2,7,15H2,1,3-6H3. The van der Waals surface area contributed by atoms with Gasteiger partial charge in [0.15, 0.2) is 4.93 Å². The summed E-state index contributed by atoms with van der Waals surface area (Å²) in [6, 6.07) is 9.70. The van der Waals surface area contributed by atoms with Crippen LogP contribution in [0.2, 0.25) is 0 Å². The second kappa shape index (κ2) is 8.79. The summed E-state index contributed by atoms with van der Waals surface area (Å²) in [6.07, 6.45) is 4.89. The van der Waals surface area contributed by atoms with Crippen molar-refractivity contribution in [1.82, 2.24) is 4.98 Å². The number of esters is 1. The number of hydrogen-bond donors (Lipinski definition) is 1. The second-order valence-electron chi connectivity index (χ2n) is 8.58. The number of hydrogen-bond acceptors (Lipinski definition) is 6. The maximum atomic E-state index is 11.9. The van der Waals surface area contributed by atoms with Gasteiger partial charge in [0.25, 0.3) is 0 Å². The van der Waals surface area contributed by atoms with Gasteiger partial charge in [0, 0.05) is 41.4 Å². The minimum Gasteiger partial charge on any atom is -0.477 e. The predicted octanol–water partition coefficient (Wildman–Crippen LogP) is 6.37. The van der Waals surface area contributed by atoms with Gasteiger partial charge in [-0.15, -0.1) is 12.6 Å². The fraction of sp³-hybridized carbons (Fsp3) is 0.360. The summed E-state index contributed by atoms with van der Waals surface area (Å²) in [6.45, 7) is 12.8. The Morgan fingerprint density at radius 1 is 1.23 bits per heavy atom. The maximum Gasteiger partial charge on any atom is 0.333 e. The molecule has 0 saturated heterocycles. The molecule has 3 aromatic rings. The van der Waals surface area contributed by atoms with E-state index in [1.807, 2.05) is 57.3 Å². The Labute approximate surface area is 188 Å². The van der Waals surface area contributed by atoms with Crippen LogP contribution in [-0.2, 0) is 16.0 Å². The van der Waals surface area contributed by atoms with Crippen molar-refractivity contribution in [3.63, 3.8) is 0 Å². The van der Waals surface area contributed by atoms with E-state index in [-0.39, 0.29) is 0 Å². The lowest BCUT2D eigenvalue weighted by Gasteiger charge is -2.34. The van der Waals surface area contributed by atoms with Crippen LogP contribution in [-0.4, -0.2) is 21.5 Å². The largest absolute Gasteiger partial charge is 0.477 e. The molecule has 164 valence electrons. The molecule has 0 aliphatic carbocycles. The molecule has 0 N–H and O–H groups in total. The number of ether oxygens (including phenoxy) is 2. The lowest BCUT2D eigenvalue weighted by atomic mass is 10.0. The Morgan fingerprint density at radius 2 is 1.97 bits per heavy atom. The summed E-state index contributed by atoms with van der Waals surface area (Å²) in [4.78, 5) is 15.3. The number of benzene rings is 1. The first-order valence-electron chi connectivity index (χ1n) is 10.3. The number of nitrogens with zero attached hydrogens (tertiary/aromatic N) is 1.